The molecular weight excluding hydrogens is 395 g/mol. The van der Waals surface area contributed by atoms with Crippen LogP contribution in [0, 0.1) is 13.8 Å². The zero-order chi connectivity index (χ0) is 19.0. The Hall–Kier alpha value is -1.36. The van der Waals surface area contributed by atoms with E-state index in [2.05, 4.69) is 0 Å². The number of hydrogen-bond donors (Lipinski definition) is 0. The van der Waals surface area contributed by atoms with Crippen LogP contribution in [0.2, 0.25) is 0 Å². The number of benzene rings is 2. The van der Waals surface area contributed by atoms with Crippen LogP contribution < -0.4 is 0 Å². The molecule has 2 rings (SSSR count). The van der Waals surface area contributed by atoms with Gasteiger partial charge in [-0.1, -0.05) is 36.4 Å². The summed E-state index contributed by atoms with van der Waals surface area (Å²) in [5, 5.41) is 0. The molecule has 0 atom stereocenters. The van der Waals surface area contributed by atoms with Crippen LogP contribution in [0.3, 0.4) is 0 Å². The van der Waals surface area contributed by atoms with Crippen molar-refractivity contribution in [2.45, 2.75) is 23.6 Å². The summed E-state index contributed by atoms with van der Waals surface area (Å²) in [5.74, 6) is 0. The molecule has 10 heteroatoms. The van der Waals surface area contributed by atoms with Gasteiger partial charge in [-0.05, 0) is 37.1 Å². The average molecular weight is 409 g/mol. The summed E-state index contributed by atoms with van der Waals surface area (Å²) >= 11 is 1.06. The first-order valence-corrected chi connectivity index (χ1v) is 9.63. The first-order valence-electron chi connectivity index (χ1n) is 6.25. The van der Waals surface area contributed by atoms with Gasteiger partial charge in [-0.3, -0.25) is 0 Å². The molecule has 0 amide bonds. The summed E-state index contributed by atoms with van der Waals surface area (Å²) in [6, 6.07) is 12.2. The standard InChI is InChI=1S/2C7H8O3S.O.V/c2*1-6-4-2-3-5-7(6)11(8,9)10;;/h2*2-5H,1H3,(H,8,9,10);;/q;;;+2/p-2. The topological polar surface area (TPSA) is 131 Å². The van der Waals surface area contributed by atoms with Crippen LogP contribution in [-0.2, 0) is 41.3 Å². The Morgan fingerprint density at radius 3 is 1.08 bits per heavy atom. The van der Waals surface area contributed by atoms with Gasteiger partial charge in [0.15, 0.2) is 0 Å². The van der Waals surface area contributed by atoms with Gasteiger partial charge in [0.05, 0.1) is 9.79 Å². The Kier molecular flexibility index (Phi) is 9.27. The summed E-state index contributed by atoms with van der Waals surface area (Å²) in [6.07, 6.45) is 0. The van der Waals surface area contributed by atoms with Crippen LogP contribution in [0.15, 0.2) is 58.3 Å². The van der Waals surface area contributed by atoms with Gasteiger partial charge in [-0.2, -0.15) is 0 Å². The predicted octanol–water partition coefficient (Wildman–Crippen LogP) is 1.68. The van der Waals surface area contributed by atoms with E-state index in [1.165, 1.54) is 24.3 Å². The van der Waals surface area contributed by atoms with Crippen molar-refractivity contribution in [2.75, 3.05) is 0 Å². The Morgan fingerprint density at radius 2 is 0.917 bits per heavy atom. The zero-order valence-corrected chi connectivity index (χ0v) is 15.8. The van der Waals surface area contributed by atoms with E-state index in [0.717, 1.165) is 17.4 Å². The van der Waals surface area contributed by atoms with Crippen molar-refractivity contribution in [1.29, 1.82) is 0 Å². The van der Waals surface area contributed by atoms with Crippen LogP contribution in [0.5, 0.6) is 0 Å². The minimum absolute atomic E-state index is 0.139. The minimum atomic E-state index is -4.28. The van der Waals surface area contributed by atoms with Crippen LogP contribution in [0.1, 0.15) is 11.1 Å². The molecule has 0 aliphatic carbocycles. The van der Waals surface area contributed by atoms with E-state index < -0.39 is 20.2 Å². The van der Waals surface area contributed by atoms with Crippen molar-refractivity contribution in [3.63, 3.8) is 0 Å². The van der Waals surface area contributed by atoms with Crippen molar-refractivity contribution in [3.8, 4) is 0 Å². The molecule has 0 spiro atoms. The molecular formula is C14H14O7S2V. The number of rotatable bonds is 2. The van der Waals surface area contributed by atoms with E-state index in [9.17, 15) is 25.9 Å². The Balaban J connectivity index is 0.000000400. The van der Waals surface area contributed by atoms with Crippen LogP contribution >= 0.6 is 0 Å². The quantitative estimate of drug-likeness (QED) is 0.689. The van der Waals surface area contributed by atoms with Gasteiger partial charge in [-0.25, -0.2) is 16.8 Å². The zero-order valence-electron chi connectivity index (χ0n) is 12.7. The molecule has 7 nitrogen and oxygen atoms in total. The van der Waals surface area contributed by atoms with E-state index in [0.29, 0.717) is 11.1 Å². The normalized spacial score (nSPS) is 10.8. The summed E-state index contributed by atoms with van der Waals surface area (Å²) in [7, 11) is -8.57. The Labute approximate surface area is 150 Å². The van der Waals surface area contributed by atoms with Crippen LogP contribution in [0.4, 0.5) is 0 Å². The summed E-state index contributed by atoms with van der Waals surface area (Å²) < 4.78 is 71.2. The fourth-order valence-electron chi connectivity index (χ4n) is 1.67. The summed E-state index contributed by atoms with van der Waals surface area (Å²) in [6.45, 7) is 3.18. The molecule has 0 aliphatic rings. The third-order valence-corrected chi connectivity index (χ3v) is 4.72. The van der Waals surface area contributed by atoms with Crippen molar-refractivity contribution in [2.24, 2.45) is 0 Å². The molecule has 2 aromatic rings. The SMILES string of the molecule is Cc1ccccc1S(=O)(=O)[O-].Cc1ccccc1S(=O)(=O)[O-].[O]=[V+2]. The van der Waals surface area contributed by atoms with Crippen LogP contribution in [-0.4, -0.2) is 25.9 Å². The van der Waals surface area contributed by atoms with Crippen molar-refractivity contribution in [1.82, 2.24) is 0 Å². The van der Waals surface area contributed by atoms with Crippen LogP contribution in [0.25, 0.3) is 0 Å². The maximum absolute atomic E-state index is 10.5. The molecule has 0 aromatic heterocycles. The molecule has 0 fully saturated rings. The number of hydrogen-bond acceptors (Lipinski definition) is 7. The third-order valence-electron chi connectivity index (χ3n) is 2.73. The van der Waals surface area contributed by atoms with Gasteiger partial charge in [0, 0.05) is 0 Å². The molecule has 0 saturated heterocycles. The monoisotopic (exact) mass is 409 g/mol. The van der Waals surface area contributed by atoms with Gasteiger partial charge in [-0.15, -0.1) is 0 Å². The molecule has 0 bridgehead atoms. The van der Waals surface area contributed by atoms with Gasteiger partial charge in [0.2, 0.25) is 0 Å². The summed E-state index contributed by atoms with van der Waals surface area (Å²) in [4.78, 5) is -0.278. The Morgan fingerprint density at radius 1 is 0.667 bits per heavy atom. The molecule has 0 unspecified atom stereocenters. The van der Waals surface area contributed by atoms with Gasteiger partial charge in [0.1, 0.15) is 20.2 Å². The first-order chi connectivity index (χ1) is 11.0. The van der Waals surface area contributed by atoms with Gasteiger partial charge >= 0.3 is 21.0 Å². The fraction of sp³-hybridized carbons (Fsp3) is 0.143. The van der Waals surface area contributed by atoms with Gasteiger partial charge < -0.3 is 9.11 Å². The van der Waals surface area contributed by atoms with E-state index in [1.54, 1.807) is 38.1 Å². The summed E-state index contributed by atoms with van der Waals surface area (Å²) in [5.41, 5.74) is 0.977. The first kappa shape index (κ1) is 22.6. The maximum atomic E-state index is 10.5. The molecule has 2 aromatic carbocycles. The molecule has 24 heavy (non-hydrogen) atoms. The van der Waals surface area contributed by atoms with E-state index >= 15 is 0 Å². The molecule has 0 radical (unpaired) electrons. The Bertz CT molecular complexity index is 804. The molecule has 0 saturated carbocycles. The second-order valence-corrected chi connectivity index (χ2v) is 7.14. The van der Waals surface area contributed by atoms with Crippen molar-refractivity contribution >= 4 is 20.2 Å². The molecule has 129 valence electrons. The van der Waals surface area contributed by atoms with E-state index in [4.69, 9.17) is 3.67 Å². The molecule has 0 aliphatic heterocycles. The van der Waals surface area contributed by atoms with Crippen molar-refractivity contribution in [3.05, 3.63) is 59.7 Å². The van der Waals surface area contributed by atoms with Gasteiger partial charge in [0.25, 0.3) is 0 Å². The third kappa shape index (κ3) is 7.48. The van der Waals surface area contributed by atoms with E-state index in [-0.39, 0.29) is 9.79 Å². The molecule has 0 heterocycles. The fourth-order valence-corrected chi connectivity index (χ4v) is 3.09. The average Bonchev–Trinajstić information content (AvgIpc) is 2.48. The number of aryl methyl sites for hydroxylation is 2. The second kappa shape index (κ2) is 9.82. The molecule has 0 N–H and O–H groups in total. The van der Waals surface area contributed by atoms with E-state index in [1.807, 2.05) is 0 Å². The predicted molar refractivity (Wildman–Crippen MR) is 79.0 cm³/mol. The second-order valence-electron chi connectivity index (χ2n) is 4.44. The van der Waals surface area contributed by atoms with Crippen molar-refractivity contribution < 1.29 is 47.0 Å².